The fraction of sp³-hybridized carbons (Fsp3) is 0.533. The van der Waals surface area contributed by atoms with Gasteiger partial charge in [0.1, 0.15) is 0 Å². The van der Waals surface area contributed by atoms with Crippen molar-refractivity contribution in [2.24, 2.45) is 11.8 Å². The molecule has 1 aromatic heterocycles. The Labute approximate surface area is 129 Å². The standard InChI is InChI=1S/C15H22N2O3S/c1-11(2)7-12(8-15(19)20)9-17-14(18)10-21-13-3-5-16-6-4-13/h3-6,11-12H,7-10H2,1-2H3,(H,17,18)(H,19,20)/t12-/m0/s1. The topological polar surface area (TPSA) is 79.3 Å². The van der Waals surface area contributed by atoms with Crippen molar-refractivity contribution < 1.29 is 14.7 Å². The van der Waals surface area contributed by atoms with E-state index in [1.165, 1.54) is 11.8 Å². The molecule has 0 spiro atoms. The minimum atomic E-state index is -0.818. The van der Waals surface area contributed by atoms with E-state index in [1.54, 1.807) is 12.4 Å². The molecule has 0 fully saturated rings. The predicted molar refractivity (Wildman–Crippen MR) is 83.2 cm³/mol. The van der Waals surface area contributed by atoms with Crippen molar-refractivity contribution in [2.75, 3.05) is 12.3 Å². The van der Waals surface area contributed by atoms with Gasteiger partial charge in [0.05, 0.1) is 5.75 Å². The molecule has 0 aromatic carbocycles. The molecule has 1 aromatic rings. The fourth-order valence-electron chi connectivity index (χ4n) is 2.04. The lowest BCUT2D eigenvalue weighted by Crippen LogP contribution is -2.32. The van der Waals surface area contributed by atoms with Gasteiger partial charge in [0.15, 0.2) is 0 Å². The van der Waals surface area contributed by atoms with Crippen molar-refractivity contribution in [3.8, 4) is 0 Å². The summed E-state index contributed by atoms with van der Waals surface area (Å²) in [6.45, 7) is 4.52. The predicted octanol–water partition coefficient (Wildman–Crippen LogP) is 2.43. The number of carbonyl (C=O) groups excluding carboxylic acids is 1. The van der Waals surface area contributed by atoms with Crippen LogP contribution in [0.25, 0.3) is 0 Å². The summed E-state index contributed by atoms with van der Waals surface area (Å²) in [6, 6.07) is 3.70. The van der Waals surface area contributed by atoms with E-state index in [9.17, 15) is 9.59 Å². The quantitative estimate of drug-likeness (QED) is 0.685. The second-order valence-corrected chi connectivity index (χ2v) is 6.42. The Morgan fingerprint density at radius 1 is 1.33 bits per heavy atom. The number of amides is 1. The van der Waals surface area contributed by atoms with Crippen LogP contribution >= 0.6 is 11.8 Å². The van der Waals surface area contributed by atoms with Gasteiger partial charge in [0, 0.05) is 30.3 Å². The number of aromatic nitrogens is 1. The normalized spacial score (nSPS) is 12.1. The van der Waals surface area contributed by atoms with Crippen molar-refractivity contribution in [3.63, 3.8) is 0 Å². The zero-order valence-corrected chi connectivity index (χ0v) is 13.2. The summed E-state index contributed by atoms with van der Waals surface area (Å²) in [5, 5.41) is 11.7. The van der Waals surface area contributed by atoms with Crippen LogP contribution in [0, 0.1) is 11.8 Å². The molecule has 0 aliphatic carbocycles. The molecule has 1 atom stereocenters. The fourth-order valence-corrected chi connectivity index (χ4v) is 2.76. The lowest BCUT2D eigenvalue weighted by Gasteiger charge is -2.17. The summed E-state index contributed by atoms with van der Waals surface area (Å²) in [6.07, 6.45) is 4.26. The van der Waals surface area contributed by atoms with Crippen LogP contribution in [0.15, 0.2) is 29.4 Å². The number of nitrogens with zero attached hydrogens (tertiary/aromatic N) is 1. The number of hydrogen-bond acceptors (Lipinski definition) is 4. The van der Waals surface area contributed by atoms with Gasteiger partial charge in [0.25, 0.3) is 0 Å². The number of hydrogen-bond donors (Lipinski definition) is 2. The van der Waals surface area contributed by atoms with Crippen LogP contribution in [-0.4, -0.2) is 34.3 Å². The summed E-state index contributed by atoms with van der Waals surface area (Å²) in [7, 11) is 0. The molecule has 1 heterocycles. The number of pyridine rings is 1. The Morgan fingerprint density at radius 2 is 2.00 bits per heavy atom. The third-order valence-corrected chi connectivity index (χ3v) is 3.89. The first-order valence-electron chi connectivity index (χ1n) is 6.98. The lowest BCUT2D eigenvalue weighted by molar-refractivity contribution is -0.138. The summed E-state index contributed by atoms with van der Waals surface area (Å²) < 4.78 is 0. The molecule has 0 aliphatic heterocycles. The first-order chi connectivity index (χ1) is 9.97. The van der Waals surface area contributed by atoms with Gasteiger partial charge in [-0.15, -0.1) is 11.8 Å². The molecule has 0 radical (unpaired) electrons. The highest BCUT2D eigenvalue weighted by atomic mass is 32.2. The first kappa shape index (κ1) is 17.5. The number of rotatable bonds is 9. The highest BCUT2D eigenvalue weighted by molar-refractivity contribution is 8.00. The van der Waals surface area contributed by atoms with Crippen molar-refractivity contribution in [1.29, 1.82) is 0 Å². The average molecular weight is 310 g/mol. The molecular weight excluding hydrogens is 288 g/mol. The molecule has 5 nitrogen and oxygen atoms in total. The molecule has 21 heavy (non-hydrogen) atoms. The number of carboxylic acid groups (broad SMARTS) is 1. The van der Waals surface area contributed by atoms with E-state index in [1.807, 2.05) is 12.1 Å². The van der Waals surface area contributed by atoms with Crippen LogP contribution in [0.5, 0.6) is 0 Å². The molecule has 6 heteroatoms. The Kier molecular flexibility index (Phi) is 7.82. The van der Waals surface area contributed by atoms with Crippen LogP contribution in [0.3, 0.4) is 0 Å². The largest absolute Gasteiger partial charge is 0.481 e. The van der Waals surface area contributed by atoms with Gasteiger partial charge in [0.2, 0.25) is 5.91 Å². The maximum absolute atomic E-state index is 11.8. The molecule has 1 rings (SSSR count). The third kappa shape index (κ3) is 8.34. The highest BCUT2D eigenvalue weighted by Crippen LogP contribution is 2.17. The van der Waals surface area contributed by atoms with E-state index < -0.39 is 5.97 Å². The molecular formula is C15H22N2O3S. The molecule has 116 valence electrons. The molecule has 0 unspecified atom stereocenters. The Bertz CT molecular complexity index is 451. The molecule has 0 saturated heterocycles. The summed E-state index contributed by atoms with van der Waals surface area (Å²) >= 11 is 1.44. The maximum Gasteiger partial charge on any atom is 0.303 e. The van der Waals surface area contributed by atoms with E-state index in [4.69, 9.17) is 5.11 Å². The highest BCUT2D eigenvalue weighted by Gasteiger charge is 2.16. The second-order valence-electron chi connectivity index (χ2n) is 5.37. The molecule has 0 saturated carbocycles. The molecule has 2 N–H and O–H groups in total. The van der Waals surface area contributed by atoms with E-state index in [2.05, 4.69) is 24.1 Å². The minimum Gasteiger partial charge on any atom is -0.481 e. The number of carbonyl (C=O) groups is 2. The zero-order chi connectivity index (χ0) is 15.7. The van der Waals surface area contributed by atoms with Crippen LogP contribution in [0.4, 0.5) is 0 Å². The van der Waals surface area contributed by atoms with Crippen LogP contribution in [-0.2, 0) is 9.59 Å². The number of thioether (sulfide) groups is 1. The van der Waals surface area contributed by atoms with E-state index in [-0.39, 0.29) is 18.2 Å². The summed E-state index contributed by atoms with van der Waals surface area (Å²) in [4.78, 5) is 27.5. The summed E-state index contributed by atoms with van der Waals surface area (Å²) in [5.41, 5.74) is 0. The number of nitrogens with one attached hydrogen (secondary N) is 1. The second kappa shape index (κ2) is 9.39. The number of aliphatic carboxylic acids is 1. The Hall–Kier alpha value is -1.56. The van der Waals surface area contributed by atoms with Crippen molar-refractivity contribution in [1.82, 2.24) is 10.3 Å². The summed E-state index contributed by atoms with van der Waals surface area (Å²) in [5.74, 6) is -0.169. The van der Waals surface area contributed by atoms with Crippen LogP contribution < -0.4 is 5.32 Å². The monoisotopic (exact) mass is 310 g/mol. The number of carboxylic acids is 1. The maximum atomic E-state index is 11.8. The van der Waals surface area contributed by atoms with E-state index in [0.29, 0.717) is 18.2 Å². The van der Waals surface area contributed by atoms with E-state index in [0.717, 1.165) is 11.3 Å². The average Bonchev–Trinajstić information content (AvgIpc) is 2.42. The van der Waals surface area contributed by atoms with Gasteiger partial charge >= 0.3 is 5.97 Å². The molecule has 0 aliphatic rings. The van der Waals surface area contributed by atoms with Crippen molar-refractivity contribution >= 4 is 23.6 Å². The van der Waals surface area contributed by atoms with Crippen LogP contribution in [0.1, 0.15) is 26.7 Å². The molecule has 0 bridgehead atoms. The van der Waals surface area contributed by atoms with Gasteiger partial charge < -0.3 is 10.4 Å². The minimum absolute atomic E-state index is 0.0163. The Balaban J connectivity index is 2.33. The third-order valence-electron chi connectivity index (χ3n) is 2.88. The Morgan fingerprint density at radius 3 is 2.57 bits per heavy atom. The van der Waals surface area contributed by atoms with Gasteiger partial charge in [-0.1, -0.05) is 13.8 Å². The first-order valence-corrected chi connectivity index (χ1v) is 7.97. The van der Waals surface area contributed by atoms with Crippen molar-refractivity contribution in [2.45, 2.75) is 31.6 Å². The zero-order valence-electron chi connectivity index (χ0n) is 12.4. The SMILES string of the molecule is CC(C)C[C@H](CNC(=O)CSc1ccncc1)CC(=O)O. The van der Waals surface area contributed by atoms with Gasteiger partial charge in [-0.25, -0.2) is 0 Å². The lowest BCUT2D eigenvalue weighted by atomic mass is 9.94. The van der Waals surface area contributed by atoms with Gasteiger partial charge in [-0.05, 0) is 30.4 Å². The van der Waals surface area contributed by atoms with Crippen molar-refractivity contribution in [3.05, 3.63) is 24.5 Å². The van der Waals surface area contributed by atoms with Crippen LogP contribution in [0.2, 0.25) is 0 Å². The van der Waals surface area contributed by atoms with Gasteiger partial charge in [-0.3, -0.25) is 14.6 Å². The molecule has 1 amide bonds. The smallest absolute Gasteiger partial charge is 0.303 e. The van der Waals surface area contributed by atoms with Gasteiger partial charge in [-0.2, -0.15) is 0 Å². The van der Waals surface area contributed by atoms with E-state index >= 15 is 0 Å².